The number of benzene rings is 1. The molecule has 1 aromatic carbocycles. The molecule has 1 aromatic heterocycles. The predicted octanol–water partition coefficient (Wildman–Crippen LogP) is 3.41. The molecular weight excluding hydrogens is 228 g/mol. The van der Waals surface area contributed by atoms with E-state index in [0.29, 0.717) is 0 Å². The molecule has 0 fully saturated rings. The van der Waals surface area contributed by atoms with E-state index in [9.17, 15) is 4.79 Å². The van der Waals surface area contributed by atoms with Gasteiger partial charge in [0, 0.05) is 12.4 Å². The van der Waals surface area contributed by atoms with E-state index in [1.807, 2.05) is 30.3 Å². The number of carbonyl (C=O) groups excluding carboxylic acids is 1. The molecule has 18 heavy (non-hydrogen) atoms. The third-order valence-corrected chi connectivity index (χ3v) is 2.68. The van der Waals surface area contributed by atoms with Crippen molar-refractivity contribution in [3.63, 3.8) is 0 Å². The van der Waals surface area contributed by atoms with Crippen LogP contribution >= 0.6 is 0 Å². The van der Waals surface area contributed by atoms with Crippen LogP contribution in [0.5, 0.6) is 0 Å². The zero-order valence-electron chi connectivity index (χ0n) is 10.3. The van der Waals surface area contributed by atoms with Crippen molar-refractivity contribution in [3.8, 4) is 0 Å². The van der Waals surface area contributed by atoms with Gasteiger partial charge in [-0.1, -0.05) is 43.7 Å². The maximum absolute atomic E-state index is 11.9. The first-order valence-corrected chi connectivity index (χ1v) is 6.05. The Morgan fingerprint density at radius 3 is 2.78 bits per heavy atom. The Balaban J connectivity index is 2.10. The molecule has 1 heterocycles. The summed E-state index contributed by atoms with van der Waals surface area (Å²) < 4.78 is 6.84. The first kappa shape index (κ1) is 12.4. The molecule has 2 rings (SSSR count). The molecule has 0 aliphatic heterocycles. The zero-order chi connectivity index (χ0) is 12.8. The molecule has 0 saturated heterocycles. The quantitative estimate of drug-likeness (QED) is 0.827. The van der Waals surface area contributed by atoms with Gasteiger partial charge in [-0.15, -0.1) is 0 Å². The number of nitrogens with zero attached hydrogens (tertiary/aromatic N) is 2. The number of hydrogen-bond donors (Lipinski definition) is 0. The molecule has 0 saturated carbocycles. The van der Waals surface area contributed by atoms with Crippen LogP contribution in [0.2, 0.25) is 0 Å². The number of hydrogen-bond acceptors (Lipinski definition) is 3. The second kappa shape index (κ2) is 6.00. The molecule has 0 unspecified atom stereocenters. The van der Waals surface area contributed by atoms with E-state index in [2.05, 4.69) is 11.9 Å². The van der Waals surface area contributed by atoms with Crippen molar-refractivity contribution in [2.75, 3.05) is 0 Å². The van der Waals surface area contributed by atoms with E-state index in [4.69, 9.17) is 4.74 Å². The van der Waals surface area contributed by atoms with Crippen LogP contribution < -0.4 is 0 Å². The van der Waals surface area contributed by atoms with Crippen molar-refractivity contribution in [1.29, 1.82) is 0 Å². The molecule has 2 aromatic rings. The average molecular weight is 244 g/mol. The molecule has 0 radical (unpaired) electrons. The summed E-state index contributed by atoms with van der Waals surface area (Å²) in [5.41, 5.74) is 1.02. The van der Waals surface area contributed by atoms with Crippen molar-refractivity contribution in [2.45, 2.75) is 25.9 Å². The normalized spacial score (nSPS) is 12.1. The summed E-state index contributed by atoms with van der Waals surface area (Å²) in [6, 6.07) is 9.79. The Kier molecular flexibility index (Phi) is 4.12. The summed E-state index contributed by atoms with van der Waals surface area (Å²) in [6.45, 7) is 2.07. The Morgan fingerprint density at radius 2 is 2.17 bits per heavy atom. The predicted molar refractivity (Wildman–Crippen MR) is 68.2 cm³/mol. The summed E-state index contributed by atoms with van der Waals surface area (Å²) in [5, 5.41) is 0. The monoisotopic (exact) mass is 244 g/mol. The molecule has 0 aliphatic rings. The summed E-state index contributed by atoms with van der Waals surface area (Å²) in [5.74, 6) is 0. The third-order valence-electron chi connectivity index (χ3n) is 2.68. The number of carbonyl (C=O) groups is 1. The lowest BCUT2D eigenvalue weighted by Gasteiger charge is -2.17. The fourth-order valence-electron chi connectivity index (χ4n) is 1.77. The van der Waals surface area contributed by atoms with Gasteiger partial charge in [0.2, 0.25) is 0 Å². The molecule has 0 amide bonds. The van der Waals surface area contributed by atoms with Crippen molar-refractivity contribution in [2.24, 2.45) is 0 Å². The fourth-order valence-corrected chi connectivity index (χ4v) is 1.77. The van der Waals surface area contributed by atoms with Gasteiger partial charge in [0.05, 0.1) is 0 Å². The Bertz CT molecular complexity index is 480. The van der Waals surface area contributed by atoms with E-state index in [-0.39, 0.29) is 6.10 Å². The molecular formula is C14H16N2O2. The highest BCUT2D eigenvalue weighted by Gasteiger charge is 2.16. The smallest absolute Gasteiger partial charge is 0.419 e. The maximum atomic E-state index is 11.9. The van der Waals surface area contributed by atoms with Gasteiger partial charge >= 0.3 is 6.09 Å². The summed E-state index contributed by atoms with van der Waals surface area (Å²) in [7, 11) is 0. The van der Waals surface area contributed by atoms with Gasteiger partial charge in [-0.25, -0.2) is 14.3 Å². The minimum Gasteiger partial charge on any atom is -0.441 e. The van der Waals surface area contributed by atoms with Crippen molar-refractivity contribution in [1.82, 2.24) is 9.55 Å². The molecule has 0 N–H and O–H groups in total. The second-order valence-electron chi connectivity index (χ2n) is 4.04. The topological polar surface area (TPSA) is 44.1 Å². The van der Waals surface area contributed by atoms with Crippen molar-refractivity contribution in [3.05, 3.63) is 54.6 Å². The van der Waals surface area contributed by atoms with E-state index >= 15 is 0 Å². The van der Waals surface area contributed by atoms with Gasteiger partial charge in [0.15, 0.2) is 0 Å². The van der Waals surface area contributed by atoms with Crippen LogP contribution in [0, 0.1) is 0 Å². The highest BCUT2D eigenvalue weighted by atomic mass is 16.6. The summed E-state index contributed by atoms with van der Waals surface area (Å²) in [4.78, 5) is 15.7. The van der Waals surface area contributed by atoms with Crippen LogP contribution in [-0.2, 0) is 4.74 Å². The van der Waals surface area contributed by atoms with Crippen LogP contribution in [0.3, 0.4) is 0 Å². The van der Waals surface area contributed by atoms with Crippen molar-refractivity contribution >= 4 is 6.09 Å². The second-order valence-corrected chi connectivity index (χ2v) is 4.04. The number of rotatable bonds is 4. The number of ether oxygens (including phenoxy) is 1. The van der Waals surface area contributed by atoms with Gasteiger partial charge in [-0.2, -0.15) is 0 Å². The van der Waals surface area contributed by atoms with Gasteiger partial charge in [-0.05, 0) is 12.0 Å². The van der Waals surface area contributed by atoms with Gasteiger partial charge < -0.3 is 4.74 Å². The lowest BCUT2D eigenvalue weighted by molar-refractivity contribution is 0.0932. The SMILES string of the molecule is CCC[C@H](OC(=O)n1ccnc1)c1ccccc1. The van der Waals surface area contributed by atoms with E-state index in [1.54, 1.807) is 12.4 Å². The zero-order valence-corrected chi connectivity index (χ0v) is 10.3. The number of imidazole rings is 1. The fraction of sp³-hybridized carbons (Fsp3) is 0.286. The van der Waals surface area contributed by atoms with Crippen LogP contribution in [0.4, 0.5) is 4.79 Å². The van der Waals surface area contributed by atoms with Crippen LogP contribution in [0.15, 0.2) is 49.1 Å². The standard InChI is InChI=1S/C14H16N2O2/c1-2-6-13(12-7-4-3-5-8-12)18-14(17)16-10-9-15-11-16/h3-5,7-11,13H,2,6H2,1H3/t13-/m0/s1. The average Bonchev–Trinajstić information content (AvgIpc) is 2.93. The van der Waals surface area contributed by atoms with Crippen molar-refractivity contribution < 1.29 is 9.53 Å². The van der Waals surface area contributed by atoms with Crippen LogP contribution in [0.1, 0.15) is 31.4 Å². The highest BCUT2D eigenvalue weighted by molar-refractivity contribution is 5.70. The van der Waals surface area contributed by atoms with E-state index in [0.717, 1.165) is 18.4 Å². The Hall–Kier alpha value is -2.10. The largest absolute Gasteiger partial charge is 0.441 e. The highest BCUT2D eigenvalue weighted by Crippen LogP contribution is 2.23. The van der Waals surface area contributed by atoms with E-state index < -0.39 is 6.09 Å². The van der Waals surface area contributed by atoms with Crippen LogP contribution in [-0.4, -0.2) is 15.6 Å². The Morgan fingerprint density at radius 1 is 1.39 bits per heavy atom. The molecule has 0 bridgehead atoms. The molecule has 1 atom stereocenters. The molecule has 4 heteroatoms. The first-order chi connectivity index (χ1) is 8.81. The van der Waals surface area contributed by atoms with Gasteiger partial charge in [0.1, 0.15) is 12.4 Å². The van der Waals surface area contributed by atoms with Gasteiger partial charge in [-0.3, -0.25) is 0 Å². The van der Waals surface area contributed by atoms with E-state index in [1.165, 1.54) is 10.9 Å². The Labute approximate surface area is 106 Å². The lowest BCUT2D eigenvalue weighted by Crippen LogP contribution is -2.16. The molecule has 0 aliphatic carbocycles. The third kappa shape index (κ3) is 2.97. The molecule has 94 valence electrons. The number of aromatic nitrogens is 2. The van der Waals surface area contributed by atoms with Crippen LogP contribution in [0.25, 0.3) is 0 Å². The molecule has 0 spiro atoms. The molecule has 4 nitrogen and oxygen atoms in total. The summed E-state index contributed by atoms with van der Waals surface area (Å²) >= 11 is 0. The lowest BCUT2D eigenvalue weighted by atomic mass is 10.1. The maximum Gasteiger partial charge on any atom is 0.419 e. The minimum atomic E-state index is -0.394. The van der Waals surface area contributed by atoms with Gasteiger partial charge in [0.25, 0.3) is 0 Å². The first-order valence-electron chi connectivity index (χ1n) is 6.05. The minimum absolute atomic E-state index is 0.203. The summed E-state index contributed by atoms with van der Waals surface area (Å²) in [6.07, 6.45) is 5.74.